The highest BCUT2D eigenvalue weighted by atomic mass is 19.1. The third-order valence-electron chi connectivity index (χ3n) is 5.56. The Morgan fingerprint density at radius 3 is 2.39 bits per heavy atom. The molecule has 1 saturated carbocycles. The van der Waals surface area contributed by atoms with E-state index in [9.17, 15) is 4.39 Å². The number of piperidine rings is 1. The van der Waals surface area contributed by atoms with Gasteiger partial charge in [-0.2, -0.15) is 5.10 Å². The highest BCUT2D eigenvalue weighted by Gasteiger charge is 2.39. The van der Waals surface area contributed by atoms with Gasteiger partial charge in [0.15, 0.2) is 0 Å². The summed E-state index contributed by atoms with van der Waals surface area (Å²) in [6.07, 6.45) is 10.2. The summed E-state index contributed by atoms with van der Waals surface area (Å²) in [6, 6.07) is 10.1. The first-order valence-corrected chi connectivity index (χ1v) is 8.80. The SMILES string of the molecule is Fc1ccc(C2CC(N3CCCCC3)C(n3cccn3)C2)cc1. The average Bonchev–Trinajstić information content (AvgIpc) is 3.26. The first kappa shape index (κ1) is 14.9. The van der Waals surface area contributed by atoms with E-state index in [1.165, 1.54) is 37.9 Å². The molecule has 3 unspecified atom stereocenters. The lowest BCUT2D eigenvalue weighted by atomic mass is 9.97. The quantitative estimate of drug-likeness (QED) is 0.854. The second-order valence-electron chi connectivity index (χ2n) is 6.94. The fraction of sp³-hybridized carbons (Fsp3) is 0.526. The number of nitrogens with zero attached hydrogens (tertiary/aromatic N) is 3. The van der Waals surface area contributed by atoms with E-state index in [-0.39, 0.29) is 5.82 Å². The number of benzene rings is 1. The van der Waals surface area contributed by atoms with Crippen molar-refractivity contribution in [1.82, 2.24) is 14.7 Å². The molecule has 0 amide bonds. The van der Waals surface area contributed by atoms with Crippen molar-refractivity contribution in [3.05, 3.63) is 54.1 Å². The Bertz CT molecular complexity index is 617. The van der Waals surface area contributed by atoms with Crippen molar-refractivity contribution in [3.8, 4) is 0 Å². The Morgan fingerprint density at radius 1 is 0.957 bits per heavy atom. The highest BCUT2D eigenvalue weighted by Crippen LogP contribution is 2.43. The maximum atomic E-state index is 13.2. The van der Waals surface area contributed by atoms with Gasteiger partial charge in [0.1, 0.15) is 5.82 Å². The minimum absolute atomic E-state index is 0.150. The summed E-state index contributed by atoms with van der Waals surface area (Å²) >= 11 is 0. The normalized spacial score (nSPS) is 29.0. The van der Waals surface area contributed by atoms with E-state index >= 15 is 0 Å². The molecule has 23 heavy (non-hydrogen) atoms. The van der Waals surface area contributed by atoms with Gasteiger partial charge in [0.25, 0.3) is 0 Å². The molecule has 3 nitrogen and oxygen atoms in total. The third kappa shape index (κ3) is 3.05. The summed E-state index contributed by atoms with van der Waals surface area (Å²) in [5.74, 6) is 0.347. The molecule has 3 atom stereocenters. The molecule has 2 heterocycles. The molecule has 0 N–H and O–H groups in total. The van der Waals surface area contributed by atoms with Crippen LogP contribution in [0.5, 0.6) is 0 Å². The third-order valence-corrected chi connectivity index (χ3v) is 5.56. The van der Waals surface area contributed by atoms with Crippen molar-refractivity contribution in [2.75, 3.05) is 13.1 Å². The molecule has 1 saturated heterocycles. The van der Waals surface area contributed by atoms with Gasteiger partial charge in [-0.3, -0.25) is 9.58 Å². The monoisotopic (exact) mass is 313 g/mol. The van der Waals surface area contributed by atoms with E-state index in [0.29, 0.717) is 18.0 Å². The molecule has 0 bridgehead atoms. The molecule has 4 heteroatoms. The van der Waals surface area contributed by atoms with Gasteiger partial charge in [0.2, 0.25) is 0 Å². The van der Waals surface area contributed by atoms with Crippen LogP contribution in [0.3, 0.4) is 0 Å². The number of halogens is 1. The number of rotatable bonds is 3. The summed E-state index contributed by atoms with van der Waals surface area (Å²) in [5, 5.41) is 4.52. The smallest absolute Gasteiger partial charge is 0.123 e. The number of hydrogen-bond donors (Lipinski definition) is 0. The molecular weight excluding hydrogens is 289 g/mol. The Labute approximate surface area is 137 Å². The molecule has 1 aliphatic carbocycles. The molecule has 0 radical (unpaired) electrons. The van der Waals surface area contributed by atoms with E-state index in [2.05, 4.69) is 20.9 Å². The summed E-state index contributed by atoms with van der Waals surface area (Å²) in [6.45, 7) is 2.41. The first-order valence-electron chi connectivity index (χ1n) is 8.80. The van der Waals surface area contributed by atoms with Crippen LogP contribution >= 0.6 is 0 Å². The van der Waals surface area contributed by atoms with Crippen molar-refractivity contribution in [2.24, 2.45) is 0 Å². The molecule has 4 rings (SSSR count). The average molecular weight is 313 g/mol. The largest absolute Gasteiger partial charge is 0.298 e. The van der Waals surface area contributed by atoms with Crippen molar-refractivity contribution >= 4 is 0 Å². The van der Waals surface area contributed by atoms with Gasteiger partial charge < -0.3 is 0 Å². The Balaban J connectivity index is 1.58. The fourth-order valence-corrected chi connectivity index (χ4v) is 4.40. The Hall–Kier alpha value is -1.68. The maximum Gasteiger partial charge on any atom is 0.123 e. The molecule has 122 valence electrons. The van der Waals surface area contributed by atoms with Crippen LogP contribution in [0, 0.1) is 5.82 Å². The van der Waals surface area contributed by atoms with Crippen LogP contribution in [0.1, 0.15) is 49.6 Å². The topological polar surface area (TPSA) is 21.1 Å². The van der Waals surface area contributed by atoms with Crippen LogP contribution in [0.25, 0.3) is 0 Å². The molecule has 1 aromatic heterocycles. The second kappa shape index (κ2) is 6.44. The van der Waals surface area contributed by atoms with Crippen molar-refractivity contribution in [3.63, 3.8) is 0 Å². The van der Waals surface area contributed by atoms with Gasteiger partial charge in [0.05, 0.1) is 6.04 Å². The zero-order valence-electron chi connectivity index (χ0n) is 13.4. The number of likely N-dealkylation sites (tertiary alicyclic amines) is 1. The standard InChI is InChI=1S/C19H24FN3/c20-17-7-5-15(6-8-17)16-13-18(22-10-2-1-3-11-22)19(14-16)23-12-4-9-21-23/h4-9,12,16,18-19H,1-3,10-11,13-14H2. The van der Waals surface area contributed by atoms with Gasteiger partial charge in [-0.15, -0.1) is 0 Å². The van der Waals surface area contributed by atoms with E-state index < -0.39 is 0 Å². The molecule has 2 aromatic rings. The van der Waals surface area contributed by atoms with Crippen molar-refractivity contribution in [2.45, 2.75) is 50.1 Å². The van der Waals surface area contributed by atoms with Gasteiger partial charge in [-0.1, -0.05) is 18.6 Å². The molecule has 0 spiro atoms. The zero-order valence-corrected chi connectivity index (χ0v) is 13.4. The van der Waals surface area contributed by atoms with E-state index in [1.807, 2.05) is 24.4 Å². The van der Waals surface area contributed by atoms with Crippen molar-refractivity contribution in [1.29, 1.82) is 0 Å². The van der Waals surface area contributed by atoms with Crippen LogP contribution in [0.2, 0.25) is 0 Å². The Morgan fingerprint density at radius 2 is 1.70 bits per heavy atom. The van der Waals surface area contributed by atoms with Crippen LogP contribution in [-0.2, 0) is 0 Å². The minimum Gasteiger partial charge on any atom is -0.298 e. The minimum atomic E-state index is -0.150. The van der Waals surface area contributed by atoms with Gasteiger partial charge in [0, 0.05) is 18.4 Å². The molecule has 2 aliphatic rings. The predicted octanol–water partition coefficient (Wildman–Crippen LogP) is 4.00. The predicted molar refractivity (Wildman–Crippen MR) is 88.9 cm³/mol. The summed E-state index contributed by atoms with van der Waals surface area (Å²) in [7, 11) is 0. The van der Waals surface area contributed by atoms with Gasteiger partial charge >= 0.3 is 0 Å². The first-order chi connectivity index (χ1) is 11.3. The molecular formula is C19H24FN3. The van der Waals surface area contributed by atoms with E-state index in [1.54, 1.807) is 12.1 Å². The van der Waals surface area contributed by atoms with E-state index in [0.717, 1.165) is 12.8 Å². The zero-order chi connectivity index (χ0) is 15.6. The Kier molecular flexibility index (Phi) is 4.17. The second-order valence-corrected chi connectivity index (χ2v) is 6.94. The fourth-order valence-electron chi connectivity index (χ4n) is 4.40. The lowest BCUT2D eigenvalue weighted by Crippen LogP contribution is -2.42. The van der Waals surface area contributed by atoms with Gasteiger partial charge in [-0.05, 0) is 68.5 Å². The van der Waals surface area contributed by atoms with Crippen LogP contribution < -0.4 is 0 Å². The summed E-state index contributed by atoms with van der Waals surface area (Å²) in [5.41, 5.74) is 1.27. The molecule has 1 aromatic carbocycles. The highest BCUT2D eigenvalue weighted by molar-refractivity contribution is 5.23. The lowest BCUT2D eigenvalue weighted by molar-refractivity contribution is 0.130. The number of hydrogen-bond acceptors (Lipinski definition) is 2. The van der Waals surface area contributed by atoms with Crippen molar-refractivity contribution < 1.29 is 4.39 Å². The summed E-state index contributed by atoms with van der Waals surface area (Å²) < 4.78 is 15.4. The molecule has 1 aliphatic heterocycles. The van der Waals surface area contributed by atoms with Crippen LogP contribution in [-0.4, -0.2) is 33.8 Å². The van der Waals surface area contributed by atoms with E-state index in [4.69, 9.17) is 0 Å². The van der Waals surface area contributed by atoms with Crippen LogP contribution in [0.4, 0.5) is 4.39 Å². The maximum absolute atomic E-state index is 13.2. The number of aromatic nitrogens is 2. The van der Waals surface area contributed by atoms with Gasteiger partial charge in [-0.25, -0.2) is 4.39 Å². The lowest BCUT2D eigenvalue weighted by Gasteiger charge is -2.35. The summed E-state index contributed by atoms with van der Waals surface area (Å²) in [4.78, 5) is 2.67. The van der Waals surface area contributed by atoms with Crippen LogP contribution in [0.15, 0.2) is 42.7 Å². The molecule has 2 fully saturated rings.